The lowest BCUT2D eigenvalue weighted by molar-refractivity contribution is -0.119. The average molecular weight is 208 g/mol. The SMILES string of the molecule is CCNS(=O)(=O)NC(C)C(=O)CC. The Morgan fingerprint density at radius 3 is 2.31 bits per heavy atom. The van der Waals surface area contributed by atoms with E-state index >= 15 is 0 Å². The molecule has 0 aromatic rings. The van der Waals surface area contributed by atoms with E-state index in [2.05, 4.69) is 9.44 Å². The number of carbonyl (C=O) groups is 1. The Kier molecular flexibility index (Phi) is 5.12. The van der Waals surface area contributed by atoms with Gasteiger partial charge in [-0.3, -0.25) is 4.79 Å². The van der Waals surface area contributed by atoms with Crippen molar-refractivity contribution in [2.45, 2.75) is 33.2 Å². The van der Waals surface area contributed by atoms with Crippen molar-refractivity contribution >= 4 is 16.0 Å². The first-order valence-corrected chi connectivity index (χ1v) is 5.70. The monoisotopic (exact) mass is 208 g/mol. The molecular formula is C7H16N2O3S. The minimum Gasteiger partial charge on any atom is -0.298 e. The zero-order valence-corrected chi connectivity index (χ0v) is 8.94. The number of hydrogen-bond acceptors (Lipinski definition) is 3. The maximum absolute atomic E-state index is 11.1. The van der Waals surface area contributed by atoms with Crippen LogP contribution in [0.3, 0.4) is 0 Å². The van der Waals surface area contributed by atoms with E-state index in [1.807, 2.05) is 0 Å². The summed E-state index contributed by atoms with van der Waals surface area (Å²) >= 11 is 0. The molecule has 0 saturated carbocycles. The highest BCUT2D eigenvalue weighted by atomic mass is 32.2. The van der Waals surface area contributed by atoms with Gasteiger partial charge in [0.1, 0.15) is 5.78 Å². The van der Waals surface area contributed by atoms with E-state index in [-0.39, 0.29) is 5.78 Å². The van der Waals surface area contributed by atoms with Crippen molar-refractivity contribution in [3.8, 4) is 0 Å². The quantitative estimate of drug-likeness (QED) is 0.634. The zero-order valence-electron chi connectivity index (χ0n) is 8.12. The van der Waals surface area contributed by atoms with Crippen LogP contribution in [-0.2, 0) is 15.0 Å². The van der Waals surface area contributed by atoms with Gasteiger partial charge in [0.25, 0.3) is 10.2 Å². The first kappa shape index (κ1) is 12.5. The predicted molar refractivity (Wildman–Crippen MR) is 50.5 cm³/mol. The molecule has 0 aliphatic rings. The molecule has 5 nitrogen and oxygen atoms in total. The Balaban J connectivity index is 4.20. The molecule has 0 bridgehead atoms. The Morgan fingerprint density at radius 1 is 1.38 bits per heavy atom. The van der Waals surface area contributed by atoms with Crippen LogP contribution in [0.2, 0.25) is 0 Å². The van der Waals surface area contributed by atoms with Gasteiger partial charge in [-0.1, -0.05) is 13.8 Å². The van der Waals surface area contributed by atoms with Crippen LogP contribution in [0.5, 0.6) is 0 Å². The van der Waals surface area contributed by atoms with E-state index in [0.29, 0.717) is 13.0 Å². The van der Waals surface area contributed by atoms with Crippen molar-refractivity contribution in [2.75, 3.05) is 6.54 Å². The standard InChI is InChI=1S/C7H16N2O3S/c1-4-7(10)6(3)9-13(11,12)8-5-2/h6,8-9H,4-5H2,1-3H3. The van der Waals surface area contributed by atoms with Gasteiger partial charge in [0.2, 0.25) is 0 Å². The van der Waals surface area contributed by atoms with E-state index < -0.39 is 16.3 Å². The Hall–Kier alpha value is -0.460. The van der Waals surface area contributed by atoms with Gasteiger partial charge in [0.15, 0.2) is 0 Å². The van der Waals surface area contributed by atoms with Crippen molar-refractivity contribution in [3.63, 3.8) is 0 Å². The van der Waals surface area contributed by atoms with E-state index in [4.69, 9.17) is 0 Å². The van der Waals surface area contributed by atoms with Crippen LogP contribution in [0.25, 0.3) is 0 Å². The molecule has 0 amide bonds. The van der Waals surface area contributed by atoms with E-state index in [1.54, 1.807) is 13.8 Å². The summed E-state index contributed by atoms with van der Waals surface area (Å²) in [6.45, 7) is 5.20. The fraction of sp³-hybridized carbons (Fsp3) is 0.857. The lowest BCUT2D eigenvalue weighted by atomic mass is 10.2. The maximum atomic E-state index is 11.1. The molecule has 0 spiro atoms. The summed E-state index contributed by atoms with van der Waals surface area (Å²) in [6.07, 6.45) is 0.329. The molecule has 6 heteroatoms. The van der Waals surface area contributed by atoms with Crippen molar-refractivity contribution in [1.82, 2.24) is 9.44 Å². The van der Waals surface area contributed by atoms with Gasteiger partial charge in [-0.05, 0) is 6.92 Å². The molecule has 0 aliphatic heterocycles. The van der Waals surface area contributed by atoms with Gasteiger partial charge in [0, 0.05) is 13.0 Å². The molecule has 0 radical (unpaired) electrons. The lowest BCUT2D eigenvalue weighted by Gasteiger charge is -2.11. The molecule has 0 aromatic carbocycles. The molecule has 0 fully saturated rings. The smallest absolute Gasteiger partial charge is 0.277 e. The Bertz CT molecular complexity index is 261. The third-order valence-electron chi connectivity index (χ3n) is 1.50. The first-order chi connectivity index (χ1) is 5.93. The number of Topliss-reactive ketones (excluding diaryl/α,β-unsaturated/α-hetero) is 1. The highest BCUT2D eigenvalue weighted by Gasteiger charge is 2.17. The normalized spacial score (nSPS) is 14.1. The Morgan fingerprint density at radius 2 is 1.92 bits per heavy atom. The van der Waals surface area contributed by atoms with E-state index in [0.717, 1.165) is 0 Å². The van der Waals surface area contributed by atoms with Crippen LogP contribution in [0.4, 0.5) is 0 Å². The fourth-order valence-corrected chi connectivity index (χ4v) is 1.90. The minimum atomic E-state index is -3.51. The van der Waals surface area contributed by atoms with Crippen molar-refractivity contribution in [2.24, 2.45) is 0 Å². The van der Waals surface area contributed by atoms with Crippen LogP contribution in [0.15, 0.2) is 0 Å². The molecule has 0 heterocycles. The average Bonchev–Trinajstić information content (AvgIpc) is 2.01. The van der Waals surface area contributed by atoms with Gasteiger partial charge in [-0.25, -0.2) is 4.72 Å². The largest absolute Gasteiger partial charge is 0.298 e. The highest BCUT2D eigenvalue weighted by molar-refractivity contribution is 7.87. The van der Waals surface area contributed by atoms with Crippen molar-refractivity contribution < 1.29 is 13.2 Å². The zero-order chi connectivity index (χ0) is 10.5. The van der Waals surface area contributed by atoms with Crippen LogP contribution in [-0.4, -0.2) is 26.8 Å². The maximum Gasteiger partial charge on any atom is 0.277 e. The first-order valence-electron chi connectivity index (χ1n) is 4.22. The highest BCUT2D eigenvalue weighted by Crippen LogP contribution is 1.91. The number of carbonyl (C=O) groups excluding carboxylic acids is 1. The molecular weight excluding hydrogens is 192 g/mol. The minimum absolute atomic E-state index is 0.124. The Labute approximate surface area is 79.1 Å². The van der Waals surface area contributed by atoms with Gasteiger partial charge >= 0.3 is 0 Å². The topological polar surface area (TPSA) is 75.3 Å². The van der Waals surface area contributed by atoms with Crippen LogP contribution in [0, 0.1) is 0 Å². The summed E-state index contributed by atoms with van der Waals surface area (Å²) in [5.74, 6) is -0.124. The van der Waals surface area contributed by atoms with Crippen LogP contribution in [0.1, 0.15) is 27.2 Å². The molecule has 1 unspecified atom stereocenters. The van der Waals surface area contributed by atoms with Crippen molar-refractivity contribution in [3.05, 3.63) is 0 Å². The summed E-state index contributed by atoms with van der Waals surface area (Å²) in [6, 6.07) is -0.658. The van der Waals surface area contributed by atoms with Crippen LogP contribution >= 0.6 is 0 Å². The molecule has 0 aromatic heterocycles. The van der Waals surface area contributed by atoms with Gasteiger partial charge in [0.05, 0.1) is 6.04 Å². The second-order valence-electron chi connectivity index (χ2n) is 2.66. The fourth-order valence-electron chi connectivity index (χ4n) is 0.836. The molecule has 0 rings (SSSR count). The summed E-state index contributed by atoms with van der Waals surface area (Å²) in [7, 11) is -3.51. The van der Waals surface area contributed by atoms with Crippen molar-refractivity contribution in [1.29, 1.82) is 0 Å². The van der Waals surface area contributed by atoms with Gasteiger partial charge in [-0.2, -0.15) is 13.1 Å². The second-order valence-corrected chi connectivity index (χ2v) is 4.19. The van der Waals surface area contributed by atoms with E-state index in [9.17, 15) is 13.2 Å². The van der Waals surface area contributed by atoms with E-state index in [1.165, 1.54) is 6.92 Å². The van der Waals surface area contributed by atoms with Crippen LogP contribution < -0.4 is 9.44 Å². The molecule has 0 aliphatic carbocycles. The summed E-state index contributed by atoms with van der Waals surface area (Å²) in [5, 5.41) is 0. The van der Waals surface area contributed by atoms with Gasteiger partial charge < -0.3 is 0 Å². The predicted octanol–water partition coefficient (Wildman–Crippen LogP) is -0.202. The molecule has 2 N–H and O–H groups in total. The molecule has 1 atom stereocenters. The second kappa shape index (κ2) is 5.31. The third-order valence-corrected chi connectivity index (χ3v) is 2.83. The number of hydrogen-bond donors (Lipinski definition) is 2. The lowest BCUT2D eigenvalue weighted by Crippen LogP contribution is -2.44. The number of ketones is 1. The summed E-state index contributed by atoms with van der Waals surface area (Å²) in [4.78, 5) is 11.0. The molecule has 13 heavy (non-hydrogen) atoms. The molecule has 0 saturated heterocycles. The molecule has 78 valence electrons. The number of nitrogens with one attached hydrogen (secondary N) is 2. The summed E-state index contributed by atoms with van der Waals surface area (Å²) < 4.78 is 26.6. The van der Waals surface area contributed by atoms with Gasteiger partial charge in [-0.15, -0.1) is 0 Å². The summed E-state index contributed by atoms with van der Waals surface area (Å²) in [5.41, 5.74) is 0. The third kappa shape index (κ3) is 4.97. The number of rotatable bonds is 6.